The molecule has 1 aromatic carbocycles. The molecule has 0 saturated heterocycles. The lowest BCUT2D eigenvalue weighted by Gasteiger charge is -2.27. The SMILES string of the molecule is CC(C)C(c1cc2c(Br)cccc2[nH]1)N1C/C(=C/CC(=O)NO)N=N1. The van der Waals surface area contributed by atoms with Crippen LogP contribution in [0.2, 0.25) is 0 Å². The summed E-state index contributed by atoms with van der Waals surface area (Å²) >= 11 is 3.59. The van der Waals surface area contributed by atoms with Crippen LogP contribution in [-0.4, -0.2) is 27.7 Å². The Hall–Kier alpha value is -2.19. The van der Waals surface area contributed by atoms with Gasteiger partial charge in [-0.3, -0.25) is 15.0 Å². The highest BCUT2D eigenvalue weighted by molar-refractivity contribution is 9.10. The van der Waals surface area contributed by atoms with E-state index in [1.54, 1.807) is 11.6 Å². The highest BCUT2D eigenvalue weighted by Gasteiger charge is 2.28. The first kappa shape index (κ1) is 17.6. The smallest absolute Gasteiger partial charge is 0.247 e. The molecular weight excluding hydrogens is 386 g/mol. The summed E-state index contributed by atoms with van der Waals surface area (Å²) in [4.78, 5) is 14.6. The minimum Gasteiger partial charge on any atom is -0.357 e. The largest absolute Gasteiger partial charge is 0.357 e. The van der Waals surface area contributed by atoms with Gasteiger partial charge in [-0.15, -0.1) is 5.11 Å². The number of fused-ring (bicyclic) bond motifs is 1. The first-order chi connectivity index (χ1) is 12.0. The van der Waals surface area contributed by atoms with Gasteiger partial charge in [0.2, 0.25) is 5.91 Å². The van der Waals surface area contributed by atoms with Gasteiger partial charge < -0.3 is 4.98 Å². The average molecular weight is 406 g/mol. The van der Waals surface area contributed by atoms with Crippen LogP contribution >= 0.6 is 15.9 Å². The molecule has 1 aliphatic heterocycles. The van der Waals surface area contributed by atoms with Gasteiger partial charge in [0.1, 0.15) is 0 Å². The summed E-state index contributed by atoms with van der Waals surface area (Å²) in [6.07, 6.45) is 1.75. The molecule has 3 rings (SSSR count). The van der Waals surface area contributed by atoms with Crippen molar-refractivity contribution in [1.29, 1.82) is 0 Å². The summed E-state index contributed by atoms with van der Waals surface area (Å²) in [6.45, 7) is 4.81. The van der Waals surface area contributed by atoms with Crippen LogP contribution < -0.4 is 5.48 Å². The van der Waals surface area contributed by atoms with E-state index >= 15 is 0 Å². The number of hydrogen-bond donors (Lipinski definition) is 3. The maximum atomic E-state index is 11.1. The van der Waals surface area contributed by atoms with E-state index < -0.39 is 5.91 Å². The number of carbonyl (C=O) groups is 1. The predicted octanol–water partition coefficient (Wildman–Crippen LogP) is 4.09. The van der Waals surface area contributed by atoms with Gasteiger partial charge in [0.05, 0.1) is 18.3 Å². The minimum atomic E-state index is -0.470. The van der Waals surface area contributed by atoms with E-state index in [0.29, 0.717) is 18.2 Å². The molecule has 1 aliphatic rings. The molecule has 8 heteroatoms. The number of rotatable bonds is 5. The van der Waals surface area contributed by atoms with Crippen molar-refractivity contribution in [3.05, 3.63) is 46.2 Å². The molecule has 0 fully saturated rings. The highest BCUT2D eigenvalue weighted by Crippen LogP contribution is 2.35. The molecule has 132 valence electrons. The Balaban J connectivity index is 1.83. The van der Waals surface area contributed by atoms with E-state index in [0.717, 1.165) is 21.1 Å². The van der Waals surface area contributed by atoms with Crippen LogP contribution in [0.5, 0.6) is 0 Å². The van der Waals surface area contributed by atoms with Crippen molar-refractivity contribution in [3.8, 4) is 0 Å². The van der Waals surface area contributed by atoms with E-state index in [-0.39, 0.29) is 12.5 Å². The summed E-state index contributed by atoms with van der Waals surface area (Å²) in [7, 11) is 0. The normalized spacial score (nSPS) is 17.0. The van der Waals surface area contributed by atoms with Crippen molar-refractivity contribution in [1.82, 2.24) is 15.5 Å². The number of aromatic nitrogens is 1. The van der Waals surface area contributed by atoms with E-state index in [2.05, 4.69) is 51.2 Å². The average Bonchev–Trinajstić information content (AvgIpc) is 3.20. The maximum absolute atomic E-state index is 11.1. The molecule has 0 radical (unpaired) electrons. The molecule has 2 aromatic rings. The van der Waals surface area contributed by atoms with Crippen LogP contribution in [0.4, 0.5) is 0 Å². The van der Waals surface area contributed by atoms with E-state index in [9.17, 15) is 4.79 Å². The molecule has 3 N–H and O–H groups in total. The monoisotopic (exact) mass is 405 g/mol. The molecule has 1 unspecified atom stereocenters. The lowest BCUT2D eigenvalue weighted by molar-refractivity contribution is -0.128. The topological polar surface area (TPSA) is 93.1 Å². The van der Waals surface area contributed by atoms with Crippen LogP contribution in [0, 0.1) is 5.92 Å². The molecule has 0 bridgehead atoms. The summed E-state index contributed by atoms with van der Waals surface area (Å²) in [5.74, 6) is -0.159. The number of nitrogens with one attached hydrogen (secondary N) is 2. The summed E-state index contributed by atoms with van der Waals surface area (Å²) in [5.41, 5.74) is 4.47. The van der Waals surface area contributed by atoms with Crippen LogP contribution in [0.3, 0.4) is 0 Å². The Kier molecular flexibility index (Phi) is 5.19. The van der Waals surface area contributed by atoms with Crippen molar-refractivity contribution in [2.75, 3.05) is 6.54 Å². The van der Waals surface area contributed by atoms with Crippen LogP contribution in [0.15, 0.2) is 50.8 Å². The second-order valence-electron chi connectivity index (χ2n) is 6.34. The van der Waals surface area contributed by atoms with Crippen molar-refractivity contribution in [2.24, 2.45) is 16.3 Å². The lowest BCUT2D eigenvalue weighted by atomic mass is 10.00. The number of benzene rings is 1. The fourth-order valence-electron chi connectivity index (χ4n) is 3.02. The van der Waals surface area contributed by atoms with Gasteiger partial charge in [0.15, 0.2) is 0 Å². The molecule has 25 heavy (non-hydrogen) atoms. The number of hydrogen-bond acceptors (Lipinski definition) is 5. The Labute approximate surface area is 153 Å². The van der Waals surface area contributed by atoms with Crippen LogP contribution in [0.1, 0.15) is 32.0 Å². The summed E-state index contributed by atoms with van der Waals surface area (Å²) < 4.78 is 1.05. The fourth-order valence-corrected chi connectivity index (χ4v) is 3.50. The molecule has 0 spiro atoms. The number of aromatic amines is 1. The quantitative estimate of drug-likeness (QED) is 0.516. The number of amides is 1. The van der Waals surface area contributed by atoms with Gasteiger partial charge in [-0.2, -0.15) is 0 Å². The fraction of sp³-hybridized carbons (Fsp3) is 0.353. The lowest BCUT2D eigenvalue weighted by Crippen LogP contribution is -2.26. The third-order valence-corrected chi connectivity index (χ3v) is 4.85. The summed E-state index contributed by atoms with van der Waals surface area (Å²) in [6, 6.07) is 8.25. The third-order valence-electron chi connectivity index (χ3n) is 4.16. The van der Waals surface area contributed by atoms with Crippen molar-refractivity contribution in [2.45, 2.75) is 26.3 Å². The maximum Gasteiger partial charge on any atom is 0.247 e. The second kappa shape index (κ2) is 7.37. The van der Waals surface area contributed by atoms with Crippen molar-refractivity contribution < 1.29 is 10.0 Å². The van der Waals surface area contributed by atoms with Crippen LogP contribution in [-0.2, 0) is 4.79 Å². The Morgan fingerprint density at radius 1 is 1.52 bits per heavy atom. The van der Waals surface area contributed by atoms with Gasteiger partial charge in [-0.25, -0.2) is 5.48 Å². The Morgan fingerprint density at radius 3 is 3.00 bits per heavy atom. The number of H-pyrrole nitrogens is 1. The molecule has 7 nitrogen and oxygen atoms in total. The predicted molar refractivity (Wildman–Crippen MR) is 97.8 cm³/mol. The molecule has 1 aromatic heterocycles. The van der Waals surface area contributed by atoms with Gasteiger partial charge in [-0.1, -0.05) is 41.1 Å². The first-order valence-corrected chi connectivity index (χ1v) is 8.86. The van der Waals surface area contributed by atoms with E-state index in [1.807, 2.05) is 23.2 Å². The molecule has 1 atom stereocenters. The number of halogens is 1. The zero-order valence-corrected chi connectivity index (χ0v) is 15.6. The molecule has 1 amide bonds. The van der Waals surface area contributed by atoms with Crippen molar-refractivity contribution in [3.63, 3.8) is 0 Å². The summed E-state index contributed by atoms with van der Waals surface area (Å²) in [5, 5.41) is 20.0. The molecule has 0 aliphatic carbocycles. The number of hydroxylamine groups is 1. The first-order valence-electron chi connectivity index (χ1n) is 8.07. The minimum absolute atomic E-state index is 0.0422. The van der Waals surface area contributed by atoms with Crippen LogP contribution in [0.25, 0.3) is 10.9 Å². The van der Waals surface area contributed by atoms with Gasteiger partial charge in [0.25, 0.3) is 0 Å². The van der Waals surface area contributed by atoms with Gasteiger partial charge in [-0.05, 0) is 30.2 Å². The standard InChI is InChI=1S/C17H20BrN5O2/c1-10(2)17(15-8-12-13(18)4-3-5-14(12)19-15)23-9-11(20-22-23)6-7-16(24)21-25/h3-6,8,10,17,19,25H,7,9H2,1-2H3,(H,21,24)/b11-6-. The van der Waals surface area contributed by atoms with E-state index in [4.69, 9.17) is 5.21 Å². The molecule has 0 saturated carbocycles. The zero-order valence-electron chi connectivity index (χ0n) is 14.0. The Morgan fingerprint density at radius 2 is 2.32 bits per heavy atom. The second-order valence-corrected chi connectivity index (χ2v) is 7.19. The number of carbonyl (C=O) groups excluding carboxylic acids is 1. The van der Waals surface area contributed by atoms with Gasteiger partial charge in [0, 0.05) is 27.5 Å². The molecule has 2 heterocycles. The zero-order chi connectivity index (χ0) is 18.0. The molecular formula is C17H20BrN5O2. The Bertz CT molecular complexity index is 843. The van der Waals surface area contributed by atoms with Gasteiger partial charge >= 0.3 is 0 Å². The van der Waals surface area contributed by atoms with Crippen molar-refractivity contribution >= 4 is 32.7 Å². The number of nitrogens with zero attached hydrogens (tertiary/aromatic N) is 3. The highest BCUT2D eigenvalue weighted by atomic mass is 79.9. The third kappa shape index (κ3) is 3.74. The van der Waals surface area contributed by atoms with E-state index in [1.165, 1.54) is 0 Å².